The number of likely N-dealkylation sites (N-methyl/N-ethyl adjacent to an activating group) is 1. The number of hydrogen-bond donors (Lipinski definition) is 2. The van der Waals surface area contributed by atoms with Crippen molar-refractivity contribution in [3.05, 3.63) is 0 Å². The maximum absolute atomic E-state index is 10.7. The monoisotopic (exact) mass is 171 g/mol. The van der Waals surface area contributed by atoms with Gasteiger partial charge in [-0.3, -0.25) is 0 Å². The molecule has 0 aliphatic carbocycles. The zero-order valence-corrected chi connectivity index (χ0v) is 7.55. The van der Waals surface area contributed by atoms with Crippen molar-refractivity contribution in [2.75, 3.05) is 20.1 Å². The average Bonchev–Trinajstić information content (AvgIpc) is 2.06. The van der Waals surface area contributed by atoms with Crippen molar-refractivity contribution in [2.24, 2.45) is 5.73 Å². The quantitative estimate of drug-likeness (QED) is 0.621. The van der Waals surface area contributed by atoms with Crippen LogP contribution in [-0.2, 0) is 0 Å². The molecule has 1 unspecified atom stereocenters. The molecule has 0 aromatic rings. The van der Waals surface area contributed by atoms with Gasteiger partial charge in [0, 0.05) is 19.6 Å². The number of carbonyl (C=O) groups is 1. The van der Waals surface area contributed by atoms with E-state index >= 15 is 0 Å². The predicted octanol–water partition coefficient (Wildman–Crippen LogP) is 0.139. The fourth-order valence-corrected chi connectivity index (χ4v) is 1.50. The maximum Gasteiger partial charge on any atom is 0.314 e. The van der Waals surface area contributed by atoms with Crippen molar-refractivity contribution in [1.29, 1.82) is 0 Å². The second kappa shape index (κ2) is 4.30. The van der Waals surface area contributed by atoms with Crippen molar-refractivity contribution in [3.63, 3.8) is 0 Å². The van der Waals surface area contributed by atoms with Gasteiger partial charge >= 0.3 is 6.03 Å². The fraction of sp³-hybridized carbons (Fsp3) is 0.875. The number of hydrogen-bond acceptors (Lipinski definition) is 2. The van der Waals surface area contributed by atoms with Gasteiger partial charge in [-0.25, -0.2) is 4.79 Å². The van der Waals surface area contributed by atoms with Gasteiger partial charge in [-0.15, -0.1) is 0 Å². The normalized spacial score (nSPS) is 23.6. The van der Waals surface area contributed by atoms with E-state index in [1.165, 1.54) is 12.8 Å². The Bertz CT molecular complexity index is 154. The third kappa shape index (κ3) is 2.70. The van der Waals surface area contributed by atoms with Crippen molar-refractivity contribution < 1.29 is 4.79 Å². The Morgan fingerprint density at radius 3 is 2.92 bits per heavy atom. The first-order valence-corrected chi connectivity index (χ1v) is 4.44. The number of amides is 2. The predicted molar refractivity (Wildman–Crippen MR) is 47.9 cm³/mol. The lowest BCUT2D eigenvalue weighted by Gasteiger charge is -2.27. The third-order valence-electron chi connectivity index (χ3n) is 2.28. The lowest BCUT2D eigenvalue weighted by Crippen LogP contribution is -2.45. The highest BCUT2D eigenvalue weighted by Crippen LogP contribution is 2.07. The Balaban J connectivity index is 2.24. The molecule has 1 atom stereocenters. The summed E-state index contributed by atoms with van der Waals surface area (Å²) >= 11 is 0. The van der Waals surface area contributed by atoms with Crippen LogP contribution in [0.5, 0.6) is 0 Å². The van der Waals surface area contributed by atoms with Gasteiger partial charge in [0.25, 0.3) is 0 Å². The van der Waals surface area contributed by atoms with E-state index in [0.29, 0.717) is 6.04 Å². The number of nitrogens with zero attached hydrogens (tertiary/aromatic N) is 1. The Kier molecular flexibility index (Phi) is 3.34. The summed E-state index contributed by atoms with van der Waals surface area (Å²) in [7, 11) is 1.73. The number of rotatable bonds is 2. The van der Waals surface area contributed by atoms with Crippen LogP contribution in [0.3, 0.4) is 0 Å². The minimum absolute atomic E-state index is 0.345. The van der Waals surface area contributed by atoms with Crippen LogP contribution in [0.15, 0.2) is 0 Å². The maximum atomic E-state index is 10.7. The van der Waals surface area contributed by atoms with Crippen LogP contribution in [0.1, 0.15) is 19.3 Å². The number of carbonyl (C=O) groups excluding carboxylic acids is 1. The summed E-state index contributed by atoms with van der Waals surface area (Å²) in [5.41, 5.74) is 5.11. The summed E-state index contributed by atoms with van der Waals surface area (Å²) in [6.07, 6.45) is 3.65. The van der Waals surface area contributed by atoms with E-state index in [1.54, 1.807) is 11.9 Å². The molecule has 2 amide bonds. The molecule has 1 saturated heterocycles. The van der Waals surface area contributed by atoms with Crippen LogP contribution in [0, 0.1) is 0 Å². The SMILES string of the molecule is CN(CC1CCCCN1)C(N)=O. The minimum Gasteiger partial charge on any atom is -0.351 e. The first kappa shape index (κ1) is 9.32. The molecule has 0 aromatic heterocycles. The van der Waals surface area contributed by atoms with Crippen LogP contribution in [0.25, 0.3) is 0 Å². The van der Waals surface area contributed by atoms with Gasteiger partial charge in [0.1, 0.15) is 0 Å². The van der Waals surface area contributed by atoms with Crippen molar-refractivity contribution in [3.8, 4) is 0 Å². The van der Waals surface area contributed by atoms with Gasteiger partial charge < -0.3 is 16.0 Å². The molecule has 12 heavy (non-hydrogen) atoms. The van der Waals surface area contributed by atoms with Crippen molar-refractivity contribution in [2.45, 2.75) is 25.3 Å². The summed E-state index contributed by atoms with van der Waals surface area (Å²) in [5, 5.41) is 3.36. The van der Waals surface area contributed by atoms with Gasteiger partial charge in [0.2, 0.25) is 0 Å². The first-order valence-electron chi connectivity index (χ1n) is 4.44. The molecule has 4 nitrogen and oxygen atoms in total. The molecular formula is C8H17N3O. The van der Waals surface area contributed by atoms with Crippen molar-refractivity contribution >= 4 is 6.03 Å². The van der Waals surface area contributed by atoms with Crippen LogP contribution in [0.2, 0.25) is 0 Å². The van der Waals surface area contributed by atoms with Gasteiger partial charge in [-0.2, -0.15) is 0 Å². The van der Waals surface area contributed by atoms with Gasteiger partial charge in [0.05, 0.1) is 0 Å². The number of primary amides is 1. The molecule has 0 aromatic carbocycles. The van der Waals surface area contributed by atoms with Crippen LogP contribution in [-0.4, -0.2) is 37.1 Å². The molecule has 1 fully saturated rings. The Hall–Kier alpha value is -0.770. The fourth-order valence-electron chi connectivity index (χ4n) is 1.50. The molecular weight excluding hydrogens is 154 g/mol. The summed E-state index contributed by atoms with van der Waals surface area (Å²) in [5.74, 6) is 0. The van der Waals surface area contributed by atoms with Gasteiger partial charge in [-0.1, -0.05) is 6.42 Å². The molecule has 3 N–H and O–H groups in total. The lowest BCUT2D eigenvalue weighted by molar-refractivity contribution is 0.208. The summed E-state index contributed by atoms with van der Waals surface area (Å²) < 4.78 is 0. The van der Waals surface area contributed by atoms with E-state index in [-0.39, 0.29) is 6.03 Å². The molecule has 1 aliphatic heterocycles. The van der Waals surface area contributed by atoms with Crippen molar-refractivity contribution in [1.82, 2.24) is 10.2 Å². The highest BCUT2D eigenvalue weighted by atomic mass is 16.2. The minimum atomic E-state index is -0.345. The summed E-state index contributed by atoms with van der Waals surface area (Å²) in [6.45, 7) is 1.80. The molecule has 0 spiro atoms. The van der Waals surface area contributed by atoms with Gasteiger partial charge in [0.15, 0.2) is 0 Å². The highest BCUT2D eigenvalue weighted by Gasteiger charge is 2.15. The first-order chi connectivity index (χ1) is 5.70. The van der Waals surface area contributed by atoms with Crippen LogP contribution in [0.4, 0.5) is 4.79 Å². The zero-order chi connectivity index (χ0) is 8.97. The molecule has 0 radical (unpaired) electrons. The lowest BCUT2D eigenvalue weighted by atomic mass is 10.1. The second-order valence-electron chi connectivity index (χ2n) is 3.37. The number of piperidine rings is 1. The van der Waals surface area contributed by atoms with Crippen LogP contribution < -0.4 is 11.1 Å². The molecule has 1 aliphatic rings. The smallest absolute Gasteiger partial charge is 0.314 e. The number of urea groups is 1. The van der Waals surface area contributed by atoms with E-state index < -0.39 is 0 Å². The Morgan fingerprint density at radius 1 is 1.67 bits per heavy atom. The van der Waals surface area contributed by atoms with E-state index in [1.807, 2.05) is 0 Å². The highest BCUT2D eigenvalue weighted by molar-refractivity contribution is 5.71. The molecule has 70 valence electrons. The number of nitrogens with two attached hydrogens (primary N) is 1. The van der Waals surface area contributed by atoms with E-state index in [4.69, 9.17) is 5.73 Å². The topological polar surface area (TPSA) is 58.4 Å². The number of nitrogens with one attached hydrogen (secondary N) is 1. The Labute approximate surface area is 73.1 Å². The second-order valence-corrected chi connectivity index (χ2v) is 3.37. The standard InChI is InChI=1S/C8H17N3O/c1-11(8(9)12)6-7-4-2-3-5-10-7/h7,10H,2-6H2,1H3,(H2,9,12). The van der Waals surface area contributed by atoms with E-state index in [2.05, 4.69) is 5.32 Å². The summed E-state index contributed by atoms with van der Waals surface area (Å²) in [4.78, 5) is 12.3. The Morgan fingerprint density at radius 2 is 2.42 bits per heavy atom. The third-order valence-corrected chi connectivity index (χ3v) is 2.28. The van der Waals surface area contributed by atoms with Crippen LogP contribution >= 0.6 is 0 Å². The van der Waals surface area contributed by atoms with E-state index in [0.717, 1.165) is 19.5 Å². The largest absolute Gasteiger partial charge is 0.351 e. The van der Waals surface area contributed by atoms with Gasteiger partial charge in [-0.05, 0) is 19.4 Å². The zero-order valence-electron chi connectivity index (χ0n) is 7.55. The molecule has 1 heterocycles. The molecule has 1 rings (SSSR count). The van der Waals surface area contributed by atoms with E-state index in [9.17, 15) is 4.79 Å². The summed E-state index contributed by atoms with van der Waals surface area (Å²) in [6, 6.07) is 0.0959. The molecule has 0 saturated carbocycles. The molecule has 0 bridgehead atoms. The average molecular weight is 171 g/mol. The molecule has 4 heteroatoms.